The number of nitrogens with one attached hydrogen (secondary N) is 2. The van der Waals surface area contributed by atoms with Gasteiger partial charge in [-0.25, -0.2) is 9.97 Å². The zero-order valence-electron chi connectivity index (χ0n) is 29.2. The summed E-state index contributed by atoms with van der Waals surface area (Å²) < 4.78 is 2.46. The average molecular weight is 644 g/mol. The Morgan fingerprint density at radius 1 is 0.917 bits per heavy atom. The Morgan fingerprint density at radius 2 is 1.69 bits per heavy atom. The number of rotatable bonds is 10. The molecule has 0 fully saturated rings. The Labute approximate surface area is 283 Å². The van der Waals surface area contributed by atoms with Gasteiger partial charge in [0, 0.05) is 48.1 Å². The highest BCUT2D eigenvalue weighted by Crippen LogP contribution is 2.38. The van der Waals surface area contributed by atoms with E-state index in [0.29, 0.717) is 24.8 Å². The molecule has 0 saturated carbocycles. The molecule has 0 saturated heterocycles. The van der Waals surface area contributed by atoms with Crippen LogP contribution in [0.2, 0.25) is 0 Å². The van der Waals surface area contributed by atoms with Crippen LogP contribution in [0.3, 0.4) is 0 Å². The molecule has 0 unspecified atom stereocenters. The van der Waals surface area contributed by atoms with E-state index in [9.17, 15) is 4.79 Å². The first-order chi connectivity index (χ1) is 23.2. The van der Waals surface area contributed by atoms with E-state index in [1.165, 1.54) is 45.9 Å². The third-order valence-corrected chi connectivity index (χ3v) is 9.06. The topological polar surface area (TPSA) is 109 Å². The molecule has 1 aliphatic heterocycles. The molecule has 3 aromatic heterocycles. The van der Waals surface area contributed by atoms with Crippen LogP contribution < -0.4 is 5.73 Å². The largest absolute Gasteiger partial charge is 0.342 e. The van der Waals surface area contributed by atoms with Crippen LogP contribution >= 0.6 is 0 Å². The SMILES string of the molecule is CCCN(Cc1ncc(-c2ccc3c(c2)CCn2c-3cc3cc(-c4ccc5nc(CC(C)C)[nH]c5c4)ccc32)[nH]1)C(=O)CC(C)C.CN. The van der Waals surface area contributed by atoms with E-state index in [1.54, 1.807) is 0 Å². The van der Waals surface area contributed by atoms with Gasteiger partial charge in [-0.1, -0.05) is 58.9 Å². The molecule has 8 heteroatoms. The highest BCUT2D eigenvalue weighted by molar-refractivity contribution is 5.93. The molecule has 4 heterocycles. The number of carbonyl (C=O) groups is 1. The highest BCUT2D eigenvalue weighted by atomic mass is 16.2. The molecule has 0 atom stereocenters. The van der Waals surface area contributed by atoms with Gasteiger partial charge in [0.25, 0.3) is 0 Å². The lowest BCUT2D eigenvalue weighted by Gasteiger charge is -2.22. The zero-order chi connectivity index (χ0) is 33.9. The molecule has 0 spiro atoms. The van der Waals surface area contributed by atoms with Crippen molar-refractivity contribution in [1.29, 1.82) is 0 Å². The molecule has 3 aromatic carbocycles. The fourth-order valence-electron chi connectivity index (χ4n) is 6.90. The maximum absolute atomic E-state index is 12.8. The van der Waals surface area contributed by atoms with E-state index in [1.807, 2.05) is 11.1 Å². The van der Waals surface area contributed by atoms with Crippen LogP contribution in [0.25, 0.3) is 55.6 Å². The number of aromatic amines is 2. The normalized spacial score (nSPS) is 12.4. The second kappa shape index (κ2) is 14.2. The molecule has 6 aromatic rings. The van der Waals surface area contributed by atoms with E-state index >= 15 is 0 Å². The highest BCUT2D eigenvalue weighted by Gasteiger charge is 2.21. The van der Waals surface area contributed by atoms with Crippen molar-refractivity contribution in [1.82, 2.24) is 29.4 Å². The Hall–Kier alpha value is -4.69. The quantitative estimate of drug-likeness (QED) is 0.139. The lowest BCUT2D eigenvalue weighted by molar-refractivity contribution is -0.132. The van der Waals surface area contributed by atoms with Crippen LogP contribution in [-0.2, 0) is 30.7 Å². The van der Waals surface area contributed by atoms with E-state index < -0.39 is 0 Å². The van der Waals surface area contributed by atoms with E-state index in [-0.39, 0.29) is 5.91 Å². The van der Waals surface area contributed by atoms with Crippen molar-refractivity contribution in [2.75, 3.05) is 13.6 Å². The molecule has 0 bridgehead atoms. The van der Waals surface area contributed by atoms with Crippen molar-refractivity contribution in [2.45, 2.75) is 73.4 Å². The number of imidazole rings is 2. The third kappa shape index (κ3) is 6.81. The van der Waals surface area contributed by atoms with Crippen molar-refractivity contribution in [3.8, 4) is 33.6 Å². The number of nitrogens with two attached hydrogens (primary N) is 1. The summed E-state index contributed by atoms with van der Waals surface area (Å²) in [5, 5.41) is 1.26. The first kappa shape index (κ1) is 33.2. The van der Waals surface area contributed by atoms with Crippen LogP contribution in [0.15, 0.2) is 66.9 Å². The van der Waals surface area contributed by atoms with E-state index in [4.69, 9.17) is 4.98 Å². The first-order valence-electron chi connectivity index (χ1n) is 17.4. The van der Waals surface area contributed by atoms with Gasteiger partial charge in [-0.15, -0.1) is 0 Å². The van der Waals surface area contributed by atoms with Gasteiger partial charge in [0.05, 0.1) is 29.5 Å². The number of hydrogen-bond acceptors (Lipinski definition) is 4. The number of aryl methyl sites for hydroxylation is 2. The second-order valence-corrected chi connectivity index (χ2v) is 13.7. The van der Waals surface area contributed by atoms with E-state index in [2.05, 4.69) is 121 Å². The summed E-state index contributed by atoms with van der Waals surface area (Å²) in [5.74, 6) is 2.99. The fourth-order valence-corrected chi connectivity index (χ4v) is 6.90. The Morgan fingerprint density at radius 3 is 2.46 bits per heavy atom. The summed E-state index contributed by atoms with van der Waals surface area (Å²) in [6, 6.07) is 22.5. The molecular formula is C40H49N7O. The number of fused-ring (bicyclic) bond motifs is 6. The number of hydrogen-bond donors (Lipinski definition) is 3. The standard InChI is InChI=1S/C39H44N6O.CH5N/c1-6-14-44(39(46)17-25(4)5)23-38-40-22-34(43-38)29-7-10-31-28(19-29)13-15-45-35-12-9-26(18-30(35)21-36(31)45)27-8-11-32-33(20-27)42-37(41-32)16-24(2)3;1-2/h7-12,18-22,24-25H,6,13-17,23H2,1-5H3,(H,40,43)(H,41,42);2H2,1H3. The van der Waals surface area contributed by atoms with Gasteiger partial charge in [0.2, 0.25) is 5.91 Å². The van der Waals surface area contributed by atoms with Crippen LogP contribution in [-0.4, -0.2) is 48.9 Å². The molecule has 48 heavy (non-hydrogen) atoms. The number of nitrogens with zero attached hydrogens (tertiary/aromatic N) is 4. The molecule has 8 nitrogen and oxygen atoms in total. The predicted molar refractivity (Wildman–Crippen MR) is 198 cm³/mol. The molecule has 250 valence electrons. The summed E-state index contributed by atoms with van der Waals surface area (Å²) >= 11 is 0. The summed E-state index contributed by atoms with van der Waals surface area (Å²) in [6.45, 7) is 12.9. The maximum atomic E-state index is 12.8. The van der Waals surface area contributed by atoms with Crippen molar-refractivity contribution >= 4 is 27.8 Å². The van der Waals surface area contributed by atoms with Crippen LogP contribution in [0.4, 0.5) is 0 Å². The number of carbonyl (C=O) groups excluding carboxylic acids is 1. The van der Waals surface area contributed by atoms with Crippen molar-refractivity contribution < 1.29 is 4.79 Å². The number of aromatic nitrogens is 5. The smallest absolute Gasteiger partial charge is 0.223 e. The second-order valence-electron chi connectivity index (χ2n) is 13.7. The van der Waals surface area contributed by atoms with Gasteiger partial charge >= 0.3 is 0 Å². The first-order valence-corrected chi connectivity index (χ1v) is 17.4. The molecule has 7 rings (SSSR count). The minimum atomic E-state index is 0.195. The Bertz CT molecular complexity index is 2040. The molecule has 0 radical (unpaired) electrons. The number of amides is 1. The zero-order valence-corrected chi connectivity index (χ0v) is 29.2. The number of H-pyrrole nitrogens is 2. The van der Waals surface area contributed by atoms with Gasteiger partial charge in [-0.05, 0) is 90.4 Å². The minimum Gasteiger partial charge on any atom is -0.342 e. The Balaban J connectivity index is 0.00000197. The van der Waals surface area contributed by atoms with Gasteiger partial charge in [0.15, 0.2) is 0 Å². The summed E-state index contributed by atoms with van der Waals surface area (Å²) in [5.41, 5.74) is 16.3. The fraction of sp³-hybridized carbons (Fsp3) is 0.375. The Kier molecular flexibility index (Phi) is 9.83. The van der Waals surface area contributed by atoms with Gasteiger partial charge in [0.1, 0.15) is 11.6 Å². The summed E-state index contributed by atoms with van der Waals surface area (Å²) in [7, 11) is 1.50. The van der Waals surface area contributed by atoms with Crippen molar-refractivity contribution in [3.63, 3.8) is 0 Å². The van der Waals surface area contributed by atoms with Gasteiger partial charge < -0.3 is 25.2 Å². The minimum absolute atomic E-state index is 0.195. The molecular weight excluding hydrogens is 594 g/mol. The third-order valence-electron chi connectivity index (χ3n) is 9.06. The van der Waals surface area contributed by atoms with E-state index in [0.717, 1.165) is 66.3 Å². The van der Waals surface area contributed by atoms with Crippen molar-refractivity contribution in [3.05, 3.63) is 84.1 Å². The molecule has 1 amide bonds. The maximum Gasteiger partial charge on any atom is 0.223 e. The average Bonchev–Trinajstić information content (AvgIpc) is 3.80. The number of benzene rings is 3. The van der Waals surface area contributed by atoms with Crippen LogP contribution in [0.5, 0.6) is 0 Å². The predicted octanol–water partition coefficient (Wildman–Crippen LogP) is 8.36. The lowest BCUT2D eigenvalue weighted by atomic mass is 9.95. The van der Waals surface area contributed by atoms with Crippen molar-refractivity contribution in [2.24, 2.45) is 17.6 Å². The van der Waals surface area contributed by atoms with Crippen LogP contribution in [0.1, 0.15) is 64.7 Å². The van der Waals surface area contributed by atoms with Gasteiger partial charge in [-0.2, -0.15) is 0 Å². The molecule has 0 aliphatic carbocycles. The monoisotopic (exact) mass is 643 g/mol. The summed E-state index contributed by atoms with van der Waals surface area (Å²) in [4.78, 5) is 31.2. The van der Waals surface area contributed by atoms with Gasteiger partial charge in [-0.3, -0.25) is 4.79 Å². The lowest BCUT2D eigenvalue weighted by Crippen LogP contribution is -2.32. The molecule has 4 N–H and O–H groups in total. The molecule has 1 aliphatic rings. The summed E-state index contributed by atoms with van der Waals surface area (Å²) in [6.07, 6.45) is 5.33. The van der Waals surface area contributed by atoms with Crippen LogP contribution in [0, 0.1) is 11.8 Å².